The van der Waals surface area contributed by atoms with Crippen molar-refractivity contribution in [3.8, 4) is 0 Å². The first-order chi connectivity index (χ1) is 12.4. The number of piperidine rings is 2. The van der Waals surface area contributed by atoms with Crippen molar-refractivity contribution in [2.75, 3.05) is 19.6 Å². The summed E-state index contributed by atoms with van der Waals surface area (Å²) in [5.74, 6) is -2.15. The highest BCUT2D eigenvalue weighted by Crippen LogP contribution is 2.38. The first-order valence-corrected chi connectivity index (χ1v) is 8.84. The average Bonchev–Trinajstić information content (AvgIpc) is 2.98. The van der Waals surface area contributed by atoms with Crippen LogP contribution >= 0.6 is 0 Å². The highest BCUT2D eigenvalue weighted by atomic mass is 19.1. The zero-order valence-corrected chi connectivity index (χ0v) is 14.5. The van der Waals surface area contributed by atoms with Crippen molar-refractivity contribution >= 4 is 17.5 Å². The number of aliphatic carboxylic acids is 1. The van der Waals surface area contributed by atoms with Gasteiger partial charge in [0, 0.05) is 24.8 Å². The summed E-state index contributed by atoms with van der Waals surface area (Å²) in [5.41, 5.74) is -0.253. The lowest BCUT2D eigenvalue weighted by molar-refractivity contribution is -0.156. The van der Waals surface area contributed by atoms with Gasteiger partial charge < -0.3 is 15.3 Å². The SMILES string of the molecule is Cc1cccc2nc(C(=O)N3CC[C@H]4NCCC[C@]4(C(=O)O)C3)c(F)n12. The number of likely N-dealkylation sites (tertiary alicyclic amines) is 1. The van der Waals surface area contributed by atoms with Crippen molar-refractivity contribution in [2.45, 2.75) is 32.2 Å². The van der Waals surface area contributed by atoms with Crippen LogP contribution in [0.15, 0.2) is 18.2 Å². The maximum absolute atomic E-state index is 14.8. The van der Waals surface area contributed by atoms with E-state index < -0.39 is 23.2 Å². The first-order valence-electron chi connectivity index (χ1n) is 8.84. The Bertz CT molecular complexity index is 896. The Hall–Kier alpha value is -2.48. The molecule has 0 aliphatic carbocycles. The van der Waals surface area contributed by atoms with Crippen molar-refractivity contribution in [1.82, 2.24) is 19.6 Å². The fourth-order valence-electron chi connectivity index (χ4n) is 4.32. The van der Waals surface area contributed by atoms with Gasteiger partial charge in [0.05, 0.1) is 0 Å². The molecule has 2 saturated heterocycles. The third-order valence-electron chi connectivity index (χ3n) is 5.72. The number of carbonyl (C=O) groups excluding carboxylic acids is 1. The van der Waals surface area contributed by atoms with E-state index in [0.29, 0.717) is 30.7 Å². The van der Waals surface area contributed by atoms with Gasteiger partial charge in [-0.25, -0.2) is 4.98 Å². The highest BCUT2D eigenvalue weighted by molar-refractivity contribution is 5.94. The molecule has 138 valence electrons. The second kappa shape index (κ2) is 6.05. The van der Waals surface area contributed by atoms with Crippen LogP contribution in [0.4, 0.5) is 4.39 Å². The molecule has 0 aromatic carbocycles. The number of amides is 1. The number of carboxylic acid groups (broad SMARTS) is 1. The molecule has 2 fully saturated rings. The van der Waals surface area contributed by atoms with Gasteiger partial charge >= 0.3 is 5.97 Å². The Morgan fingerprint density at radius 2 is 2.23 bits per heavy atom. The molecule has 2 aliphatic rings. The van der Waals surface area contributed by atoms with Gasteiger partial charge in [0.2, 0.25) is 5.95 Å². The number of hydrogen-bond donors (Lipinski definition) is 2. The minimum atomic E-state index is -1.02. The molecule has 0 unspecified atom stereocenters. The molecule has 26 heavy (non-hydrogen) atoms. The van der Waals surface area contributed by atoms with Crippen LogP contribution in [0.5, 0.6) is 0 Å². The van der Waals surface area contributed by atoms with E-state index in [1.165, 1.54) is 9.30 Å². The number of nitrogens with zero attached hydrogens (tertiary/aromatic N) is 3. The Kier molecular flexibility index (Phi) is 3.95. The monoisotopic (exact) mass is 360 g/mol. The van der Waals surface area contributed by atoms with Gasteiger partial charge in [-0.1, -0.05) is 6.07 Å². The minimum Gasteiger partial charge on any atom is -0.481 e. The largest absolute Gasteiger partial charge is 0.481 e. The second-order valence-corrected chi connectivity index (χ2v) is 7.20. The van der Waals surface area contributed by atoms with Gasteiger partial charge in [0.25, 0.3) is 5.91 Å². The van der Waals surface area contributed by atoms with Gasteiger partial charge in [-0.15, -0.1) is 0 Å². The van der Waals surface area contributed by atoms with Gasteiger partial charge in [0.15, 0.2) is 5.69 Å². The number of aryl methyl sites for hydroxylation is 1. The molecule has 0 saturated carbocycles. The molecule has 4 rings (SSSR count). The Morgan fingerprint density at radius 1 is 1.42 bits per heavy atom. The lowest BCUT2D eigenvalue weighted by Crippen LogP contribution is -2.63. The lowest BCUT2D eigenvalue weighted by Gasteiger charge is -2.48. The number of carbonyl (C=O) groups is 2. The summed E-state index contributed by atoms with van der Waals surface area (Å²) in [7, 11) is 0. The van der Waals surface area contributed by atoms with Crippen molar-refractivity contribution < 1.29 is 19.1 Å². The third kappa shape index (κ3) is 2.39. The van der Waals surface area contributed by atoms with Crippen molar-refractivity contribution in [2.24, 2.45) is 5.41 Å². The molecular weight excluding hydrogens is 339 g/mol. The quantitative estimate of drug-likeness (QED) is 0.847. The van der Waals surface area contributed by atoms with E-state index in [4.69, 9.17) is 0 Å². The van der Waals surface area contributed by atoms with E-state index >= 15 is 0 Å². The number of imidazole rings is 1. The lowest BCUT2D eigenvalue weighted by atomic mass is 9.70. The molecule has 8 heteroatoms. The van der Waals surface area contributed by atoms with Crippen LogP contribution in [0.25, 0.3) is 5.65 Å². The van der Waals surface area contributed by atoms with Gasteiger partial charge in [-0.05, 0) is 44.9 Å². The summed E-state index contributed by atoms with van der Waals surface area (Å²) in [6, 6.07) is 4.98. The highest BCUT2D eigenvalue weighted by Gasteiger charge is 2.51. The fourth-order valence-corrected chi connectivity index (χ4v) is 4.32. The van der Waals surface area contributed by atoms with Crippen molar-refractivity contribution in [1.29, 1.82) is 0 Å². The van der Waals surface area contributed by atoms with E-state index in [9.17, 15) is 19.1 Å². The molecule has 2 aromatic heterocycles. The summed E-state index contributed by atoms with van der Waals surface area (Å²) in [6.07, 6.45) is 1.79. The molecule has 2 aliphatic heterocycles. The molecule has 2 N–H and O–H groups in total. The number of hydrogen-bond acceptors (Lipinski definition) is 4. The third-order valence-corrected chi connectivity index (χ3v) is 5.72. The van der Waals surface area contributed by atoms with E-state index in [2.05, 4.69) is 10.3 Å². The van der Waals surface area contributed by atoms with Gasteiger partial charge in [0.1, 0.15) is 11.1 Å². The molecular formula is C18H21FN4O3. The standard InChI is InChI=1S/C18H21FN4O3/c1-11-4-2-5-13-21-14(15(19)23(11)13)16(24)22-9-6-12-18(10-22,17(25)26)7-3-8-20-12/h2,4-5,12,20H,3,6-10H2,1H3,(H,25,26)/t12-,18+/m1/s1. The molecule has 2 aromatic rings. The van der Waals surface area contributed by atoms with Crippen molar-refractivity contribution in [3.05, 3.63) is 35.5 Å². The average molecular weight is 360 g/mol. The molecule has 0 bridgehead atoms. The molecule has 0 radical (unpaired) electrons. The van der Waals surface area contributed by atoms with Crippen LogP contribution < -0.4 is 5.32 Å². The molecule has 2 atom stereocenters. The maximum atomic E-state index is 14.8. The number of aromatic nitrogens is 2. The van der Waals surface area contributed by atoms with Crippen LogP contribution in [0.1, 0.15) is 35.4 Å². The Morgan fingerprint density at radius 3 is 2.96 bits per heavy atom. The summed E-state index contributed by atoms with van der Waals surface area (Å²) in [4.78, 5) is 30.5. The molecule has 7 nitrogen and oxygen atoms in total. The fraction of sp³-hybridized carbons (Fsp3) is 0.500. The molecule has 1 amide bonds. The minimum absolute atomic E-state index is 0.0745. The number of carboxylic acids is 1. The Balaban J connectivity index is 1.68. The van der Waals surface area contributed by atoms with E-state index in [0.717, 1.165) is 13.0 Å². The van der Waals surface area contributed by atoms with Crippen LogP contribution in [0.2, 0.25) is 0 Å². The van der Waals surface area contributed by atoms with E-state index in [1.807, 2.05) is 0 Å². The van der Waals surface area contributed by atoms with E-state index in [-0.39, 0.29) is 18.3 Å². The number of nitrogens with one attached hydrogen (secondary N) is 1. The summed E-state index contributed by atoms with van der Waals surface area (Å²) >= 11 is 0. The number of halogens is 1. The predicted octanol–water partition coefficient (Wildman–Crippen LogP) is 1.45. The normalized spacial score (nSPS) is 25.9. The topological polar surface area (TPSA) is 86.9 Å². The van der Waals surface area contributed by atoms with E-state index in [1.54, 1.807) is 25.1 Å². The zero-order valence-electron chi connectivity index (χ0n) is 14.5. The smallest absolute Gasteiger partial charge is 0.313 e. The summed E-state index contributed by atoms with van der Waals surface area (Å²) in [6.45, 7) is 2.99. The number of fused-ring (bicyclic) bond motifs is 2. The molecule has 0 spiro atoms. The van der Waals surface area contributed by atoms with Crippen molar-refractivity contribution in [3.63, 3.8) is 0 Å². The molecule has 4 heterocycles. The summed E-state index contributed by atoms with van der Waals surface area (Å²) in [5, 5.41) is 13.1. The van der Waals surface area contributed by atoms with Crippen LogP contribution in [0.3, 0.4) is 0 Å². The first kappa shape index (κ1) is 17.0. The van der Waals surface area contributed by atoms with Crippen LogP contribution in [-0.2, 0) is 4.79 Å². The van der Waals surface area contributed by atoms with Gasteiger partial charge in [-0.3, -0.25) is 14.0 Å². The predicted molar refractivity (Wildman–Crippen MR) is 91.5 cm³/mol. The number of rotatable bonds is 2. The van der Waals surface area contributed by atoms with Crippen LogP contribution in [-0.4, -0.2) is 56.9 Å². The summed E-state index contributed by atoms with van der Waals surface area (Å²) < 4.78 is 16.1. The number of pyridine rings is 1. The zero-order chi connectivity index (χ0) is 18.5. The Labute approximate surface area is 149 Å². The van der Waals surface area contributed by atoms with Crippen LogP contribution in [0, 0.1) is 18.3 Å². The second-order valence-electron chi connectivity index (χ2n) is 7.20. The van der Waals surface area contributed by atoms with Gasteiger partial charge in [-0.2, -0.15) is 4.39 Å². The maximum Gasteiger partial charge on any atom is 0.313 e.